The summed E-state index contributed by atoms with van der Waals surface area (Å²) in [5, 5.41) is 23.1. The molecule has 3 aromatic rings. The molecule has 0 fully saturated rings. The van der Waals surface area contributed by atoms with Gasteiger partial charge in [0.25, 0.3) is 0 Å². The minimum Gasteiger partial charge on any atom is -0.503 e. The van der Waals surface area contributed by atoms with Gasteiger partial charge in [-0.2, -0.15) is 9.94 Å². The Hall–Kier alpha value is -3.80. The maximum Gasteiger partial charge on any atom is 0.350 e. The Morgan fingerprint density at radius 1 is 1.27 bits per heavy atom. The van der Waals surface area contributed by atoms with Gasteiger partial charge in [-0.15, -0.1) is 5.10 Å². The first-order valence-corrected chi connectivity index (χ1v) is 7.48. The minimum absolute atomic E-state index is 0.0440. The maximum absolute atomic E-state index is 13.8. The summed E-state index contributed by atoms with van der Waals surface area (Å²) in [4.78, 5) is 12.6. The van der Waals surface area contributed by atoms with E-state index in [1.165, 1.54) is 17.7 Å². The van der Waals surface area contributed by atoms with Crippen molar-refractivity contribution in [1.29, 1.82) is 5.26 Å². The number of ether oxygens (including phenoxy) is 2. The second-order valence-corrected chi connectivity index (χ2v) is 5.58. The van der Waals surface area contributed by atoms with Gasteiger partial charge in [0.05, 0.1) is 11.6 Å². The number of hydrogen-bond donors (Lipinski definition) is 1. The fourth-order valence-electron chi connectivity index (χ4n) is 2.69. The van der Waals surface area contributed by atoms with E-state index in [-0.39, 0.29) is 23.9 Å². The number of aromatic nitrogens is 3. The van der Waals surface area contributed by atoms with E-state index in [0.29, 0.717) is 17.1 Å². The van der Waals surface area contributed by atoms with Crippen molar-refractivity contribution in [3.8, 4) is 40.4 Å². The number of halogens is 1. The third-order valence-electron chi connectivity index (χ3n) is 4.01. The van der Waals surface area contributed by atoms with Gasteiger partial charge < -0.3 is 14.6 Å². The van der Waals surface area contributed by atoms with Crippen molar-refractivity contribution >= 4 is 0 Å². The van der Waals surface area contributed by atoms with E-state index in [1.807, 2.05) is 0 Å². The average Bonchev–Trinajstić information content (AvgIpc) is 3.22. The lowest BCUT2D eigenvalue weighted by atomic mass is 10.2. The third kappa shape index (κ3) is 2.28. The predicted octanol–water partition coefficient (Wildman–Crippen LogP) is 1.68. The fourth-order valence-corrected chi connectivity index (χ4v) is 2.69. The highest BCUT2D eigenvalue weighted by Crippen LogP contribution is 2.35. The van der Waals surface area contributed by atoms with Gasteiger partial charge in [-0.3, -0.25) is 4.57 Å². The van der Waals surface area contributed by atoms with E-state index in [0.717, 1.165) is 10.7 Å². The first kappa shape index (κ1) is 15.7. The lowest BCUT2D eigenvalue weighted by Crippen LogP contribution is -2.22. The van der Waals surface area contributed by atoms with Crippen molar-refractivity contribution in [3.63, 3.8) is 0 Å². The van der Waals surface area contributed by atoms with Gasteiger partial charge >= 0.3 is 5.69 Å². The number of nitriles is 1. The molecule has 0 spiro atoms. The topological polar surface area (TPSA) is 102 Å². The average molecular weight is 354 g/mol. The molecule has 0 bridgehead atoms. The van der Waals surface area contributed by atoms with Crippen molar-refractivity contribution in [1.82, 2.24) is 14.3 Å². The quantitative estimate of drug-likeness (QED) is 0.751. The van der Waals surface area contributed by atoms with Gasteiger partial charge in [-0.25, -0.2) is 9.18 Å². The highest BCUT2D eigenvalue weighted by atomic mass is 19.1. The maximum atomic E-state index is 13.8. The lowest BCUT2D eigenvalue weighted by Gasteiger charge is -2.04. The van der Waals surface area contributed by atoms with Crippen LogP contribution in [0.3, 0.4) is 0 Å². The van der Waals surface area contributed by atoms with Gasteiger partial charge in [0.15, 0.2) is 28.9 Å². The van der Waals surface area contributed by atoms with Gasteiger partial charge in [-0.05, 0) is 30.3 Å². The molecule has 0 unspecified atom stereocenters. The molecule has 8 nitrogen and oxygen atoms in total. The second-order valence-electron chi connectivity index (χ2n) is 5.58. The summed E-state index contributed by atoms with van der Waals surface area (Å²) in [7, 11) is 1.49. The number of hydrogen-bond acceptors (Lipinski definition) is 6. The van der Waals surface area contributed by atoms with Crippen LogP contribution >= 0.6 is 0 Å². The second kappa shape index (κ2) is 5.63. The van der Waals surface area contributed by atoms with Crippen molar-refractivity contribution in [2.75, 3.05) is 6.79 Å². The first-order valence-electron chi connectivity index (χ1n) is 7.48. The smallest absolute Gasteiger partial charge is 0.350 e. The van der Waals surface area contributed by atoms with Crippen molar-refractivity contribution in [3.05, 3.63) is 52.2 Å². The zero-order chi connectivity index (χ0) is 18.4. The molecule has 2 aromatic carbocycles. The van der Waals surface area contributed by atoms with Gasteiger partial charge in [0.2, 0.25) is 6.79 Å². The van der Waals surface area contributed by atoms with Crippen LogP contribution in [0.1, 0.15) is 5.56 Å². The summed E-state index contributed by atoms with van der Waals surface area (Å²) in [6.45, 7) is 0.111. The molecule has 0 amide bonds. The Morgan fingerprint density at radius 2 is 2.04 bits per heavy atom. The number of fused-ring (bicyclic) bond motifs is 1. The Balaban J connectivity index is 1.90. The fraction of sp³-hybridized carbons (Fsp3) is 0.118. The molecule has 0 aliphatic carbocycles. The van der Waals surface area contributed by atoms with Crippen LogP contribution < -0.4 is 15.2 Å². The van der Waals surface area contributed by atoms with Crippen LogP contribution in [0.25, 0.3) is 17.1 Å². The molecule has 1 aromatic heterocycles. The van der Waals surface area contributed by atoms with E-state index in [9.17, 15) is 14.3 Å². The summed E-state index contributed by atoms with van der Waals surface area (Å²) < 4.78 is 26.5. The number of aromatic hydroxyl groups is 1. The molecule has 0 saturated carbocycles. The molecule has 0 atom stereocenters. The van der Waals surface area contributed by atoms with Crippen molar-refractivity contribution < 1.29 is 19.0 Å². The zero-order valence-electron chi connectivity index (χ0n) is 13.4. The normalized spacial score (nSPS) is 12.2. The molecule has 130 valence electrons. The van der Waals surface area contributed by atoms with Gasteiger partial charge in [0, 0.05) is 12.6 Å². The Bertz CT molecular complexity index is 1140. The highest BCUT2D eigenvalue weighted by Gasteiger charge is 2.21. The lowest BCUT2D eigenvalue weighted by molar-refractivity contribution is 0.174. The molecule has 4 rings (SSSR count). The van der Waals surface area contributed by atoms with Crippen LogP contribution in [-0.4, -0.2) is 26.2 Å². The van der Waals surface area contributed by atoms with E-state index in [2.05, 4.69) is 5.10 Å². The monoisotopic (exact) mass is 354 g/mol. The Morgan fingerprint density at radius 3 is 2.81 bits per heavy atom. The Kier molecular flexibility index (Phi) is 3.40. The minimum atomic E-state index is -1.01. The molecular formula is C17H11FN4O4. The third-order valence-corrected chi connectivity index (χ3v) is 4.01. The first-order chi connectivity index (χ1) is 12.5. The molecule has 9 heteroatoms. The summed E-state index contributed by atoms with van der Waals surface area (Å²) in [5.41, 5.74) is -0.293. The molecule has 1 aliphatic heterocycles. The molecule has 26 heavy (non-hydrogen) atoms. The number of phenols is 1. The predicted molar refractivity (Wildman–Crippen MR) is 86.7 cm³/mol. The van der Waals surface area contributed by atoms with Crippen LogP contribution in [0.2, 0.25) is 0 Å². The van der Waals surface area contributed by atoms with E-state index in [4.69, 9.17) is 14.7 Å². The largest absolute Gasteiger partial charge is 0.503 e. The SMILES string of the molecule is Cn1c(-c2ccc3c(c2)OCO3)nn(-c2cc(C#N)cc(F)c2O)c1=O. The number of nitrogens with zero attached hydrogens (tertiary/aromatic N) is 4. The molecule has 2 heterocycles. The summed E-state index contributed by atoms with van der Waals surface area (Å²) in [5.74, 6) is -0.400. The standard InChI is InChI=1S/C17H11FN4O4/c1-21-16(10-2-3-13-14(6-10)26-8-25-13)20-22(17(21)24)12-5-9(7-19)4-11(18)15(12)23/h2-6,23H,8H2,1H3. The van der Waals surface area contributed by atoms with Crippen LogP contribution in [0.4, 0.5) is 4.39 Å². The summed E-state index contributed by atoms with van der Waals surface area (Å²) in [6.07, 6.45) is 0. The van der Waals surface area contributed by atoms with Crippen molar-refractivity contribution in [2.45, 2.75) is 0 Å². The molecular weight excluding hydrogens is 343 g/mol. The van der Waals surface area contributed by atoms with Gasteiger partial charge in [-0.1, -0.05) is 0 Å². The Labute approximate surface area is 145 Å². The molecule has 1 aliphatic rings. The van der Waals surface area contributed by atoms with Crippen molar-refractivity contribution in [2.24, 2.45) is 7.05 Å². The molecule has 0 radical (unpaired) electrons. The van der Waals surface area contributed by atoms with E-state index < -0.39 is 17.3 Å². The van der Waals surface area contributed by atoms with Crippen LogP contribution in [0.5, 0.6) is 17.2 Å². The molecule has 1 N–H and O–H groups in total. The number of rotatable bonds is 2. The highest BCUT2D eigenvalue weighted by molar-refractivity contribution is 5.62. The van der Waals surface area contributed by atoms with E-state index >= 15 is 0 Å². The van der Waals surface area contributed by atoms with Crippen LogP contribution in [-0.2, 0) is 7.05 Å². The summed E-state index contributed by atoms with van der Waals surface area (Å²) in [6, 6.07) is 8.90. The molecule has 0 saturated heterocycles. The number of benzene rings is 2. The number of phenolic OH excluding ortho intramolecular Hbond substituents is 1. The van der Waals surface area contributed by atoms with Crippen LogP contribution in [0.15, 0.2) is 35.1 Å². The van der Waals surface area contributed by atoms with Crippen LogP contribution in [0, 0.1) is 17.1 Å². The van der Waals surface area contributed by atoms with E-state index in [1.54, 1.807) is 24.3 Å². The zero-order valence-corrected chi connectivity index (χ0v) is 13.4. The van der Waals surface area contributed by atoms with Gasteiger partial charge in [0.1, 0.15) is 5.69 Å². The summed E-state index contributed by atoms with van der Waals surface area (Å²) >= 11 is 0.